The first-order valence-corrected chi connectivity index (χ1v) is 8.62. The zero-order valence-electron chi connectivity index (χ0n) is 15.0. The quantitative estimate of drug-likeness (QED) is 0.775. The van der Waals surface area contributed by atoms with E-state index in [0.29, 0.717) is 6.42 Å². The lowest BCUT2D eigenvalue weighted by atomic mass is 10.0. The highest BCUT2D eigenvalue weighted by molar-refractivity contribution is 5.24. The lowest BCUT2D eigenvalue weighted by Gasteiger charge is -2.18. The van der Waals surface area contributed by atoms with Crippen LogP contribution in [0.25, 0.3) is 0 Å². The zero-order valence-corrected chi connectivity index (χ0v) is 15.0. The smallest absolute Gasteiger partial charge is 0.123 e. The predicted octanol–water partition coefficient (Wildman–Crippen LogP) is 3.65. The molecule has 2 rings (SSSR count). The number of benzene rings is 1. The number of hydrogen-bond donors (Lipinski definition) is 2. The van der Waals surface area contributed by atoms with Gasteiger partial charge in [0.05, 0.1) is 11.8 Å². The monoisotopic (exact) mass is 333 g/mol. The van der Waals surface area contributed by atoms with Gasteiger partial charge in [0, 0.05) is 30.4 Å². The molecule has 2 aromatic rings. The molecule has 1 heterocycles. The van der Waals surface area contributed by atoms with Gasteiger partial charge in [-0.2, -0.15) is 5.10 Å². The Labute approximate surface area is 143 Å². The first-order valence-electron chi connectivity index (χ1n) is 8.62. The van der Waals surface area contributed by atoms with Gasteiger partial charge in [-0.3, -0.25) is 4.68 Å². The second kappa shape index (κ2) is 8.40. The molecule has 2 unspecified atom stereocenters. The van der Waals surface area contributed by atoms with Crippen LogP contribution in [0.5, 0.6) is 0 Å². The Morgan fingerprint density at radius 3 is 2.54 bits per heavy atom. The Hall–Kier alpha value is -1.72. The molecule has 1 aromatic carbocycles. The summed E-state index contributed by atoms with van der Waals surface area (Å²) in [5.74, 6) is -0.285. The highest BCUT2D eigenvalue weighted by Crippen LogP contribution is 2.19. The molecule has 0 spiro atoms. The van der Waals surface area contributed by atoms with Crippen molar-refractivity contribution in [1.82, 2.24) is 15.1 Å². The normalized spacial score (nSPS) is 13.9. The lowest BCUT2D eigenvalue weighted by Crippen LogP contribution is -2.28. The topological polar surface area (TPSA) is 50.1 Å². The van der Waals surface area contributed by atoms with Crippen LogP contribution >= 0.6 is 0 Å². The SMILES string of the molecule is CCCn1nc(C)c(CNC(C)CC(O)c2ccc(F)cc2)c1C. The molecular formula is C19H28FN3O. The van der Waals surface area contributed by atoms with Crippen molar-refractivity contribution in [3.63, 3.8) is 0 Å². The molecule has 132 valence electrons. The van der Waals surface area contributed by atoms with Crippen molar-refractivity contribution in [3.05, 3.63) is 52.6 Å². The van der Waals surface area contributed by atoms with Crippen LogP contribution in [0.1, 0.15) is 55.3 Å². The largest absolute Gasteiger partial charge is 0.388 e. The van der Waals surface area contributed by atoms with E-state index in [2.05, 4.69) is 28.9 Å². The maximum absolute atomic E-state index is 13.0. The van der Waals surface area contributed by atoms with Crippen LogP contribution in [0, 0.1) is 19.7 Å². The van der Waals surface area contributed by atoms with Crippen LogP contribution in [0.2, 0.25) is 0 Å². The maximum Gasteiger partial charge on any atom is 0.123 e. The average molecular weight is 333 g/mol. The molecule has 0 aliphatic carbocycles. The van der Waals surface area contributed by atoms with E-state index in [1.54, 1.807) is 12.1 Å². The molecule has 0 saturated heterocycles. The number of nitrogens with one attached hydrogen (secondary N) is 1. The van der Waals surface area contributed by atoms with Gasteiger partial charge in [-0.1, -0.05) is 19.1 Å². The highest BCUT2D eigenvalue weighted by Gasteiger charge is 2.15. The van der Waals surface area contributed by atoms with Crippen LogP contribution in [-0.4, -0.2) is 20.9 Å². The summed E-state index contributed by atoms with van der Waals surface area (Å²) in [7, 11) is 0. The van der Waals surface area contributed by atoms with Crippen molar-refractivity contribution >= 4 is 0 Å². The molecule has 2 atom stereocenters. The molecule has 2 N–H and O–H groups in total. The molecule has 24 heavy (non-hydrogen) atoms. The summed E-state index contributed by atoms with van der Waals surface area (Å²) < 4.78 is 15.0. The van der Waals surface area contributed by atoms with Gasteiger partial charge in [-0.15, -0.1) is 0 Å². The first-order chi connectivity index (χ1) is 11.4. The number of aryl methyl sites for hydroxylation is 2. The van der Waals surface area contributed by atoms with Gasteiger partial charge in [-0.25, -0.2) is 4.39 Å². The molecule has 0 aliphatic rings. The molecule has 5 heteroatoms. The van der Waals surface area contributed by atoms with E-state index in [-0.39, 0.29) is 11.9 Å². The van der Waals surface area contributed by atoms with E-state index in [9.17, 15) is 9.50 Å². The summed E-state index contributed by atoms with van der Waals surface area (Å²) in [5.41, 5.74) is 4.23. The van der Waals surface area contributed by atoms with E-state index >= 15 is 0 Å². The van der Waals surface area contributed by atoms with Crippen molar-refractivity contribution in [2.24, 2.45) is 0 Å². The molecule has 4 nitrogen and oxygen atoms in total. The summed E-state index contributed by atoms with van der Waals surface area (Å²) in [6.07, 6.45) is 1.04. The summed E-state index contributed by atoms with van der Waals surface area (Å²) >= 11 is 0. The van der Waals surface area contributed by atoms with Crippen LogP contribution in [0.3, 0.4) is 0 Å². The second-order valence-corrected chi connectivity index (χ2v) is 6.46. The van der Waals surface area contributed by atoms with Crippen LogP contribution in [0.15, 0.2) is 24.3 Å². The molecule has 0 aliphatic heterocycles. The number of nitrogens with zero attached hydrogens (tertiary/aromatic N) is 2. The van der Waals surface area contributed by atoms with Gasteiger partial charge in [-0.05, 0) is 51.3 Å². The molecule has 1 aromatic heterocycles. The fourth-order valence-corrected chi connectivity index (χ4v) is 2.93. The van der Waals surface area contributed by atoms with Crippen molar-refractivity contribution in [1.29, 1.82) is 0 Å². The summed E-state index contributed by atoms with van der Waals surface area (Å²) in [5, 5.41) is 18.3. The average Bonchev–Trinajstić information content (AvgIpc) is 2.80. The number of aliphatic hydroxyl groups is 1. The third-order valence-corrected chi connectivity index (χ3v) is 4.43. The first kappa shape index (κ1) is 18.6. The Bertz CT molecular complexity index is 651. The number of aliphatic hydroxyl groups excluding tert-OH is 1. The van der Waals surface area contributed by atoms with Crippen molar-refractivity contribution in [2.75, 3.05) is 0 Å². The fourth-order valence-electron chi connectivity index (χ4n) is 2.93. The van der Waals surface area contributed by atoms with Crippen molar-refractivity contribution in [3.8, 4) is 0 Å². The van der Waals surface area contributed by atoms with E-state index < -0.39 is 6.10 Å². The van der Waals surface area contributed by atoms with Crippen LogP contribution < -0.4 is 5.32 Å². The Balaban J connectivity index is 1.91. The Kier molecular flexibility index (Phi) is 6.52. The molecule has 0 fully saturated rings. The van der Waals surface area contributed by atoms with Crippen molar-refractivity contribution in [2.45, 2.75) is 65.8 Å². The van der Waals surface area contributed by atoms with E-state index in [1.807, 2.05) is 13.8 Å². The lowest BCUT2D eigenvalue weighted by molar-refractivity contribution is 0.153. The third-order valence-electron chi connectivity index (χ3n) is 4.43. The summed E-state index contributed by atoms with van der Waals surface area (Å²) in [6.45, 7) is 10.0. The van der Waals surface area contributed by atoms with Gasteiger partial charge in [0.15, 0.2) is 0 Å². The van der Waals surface area contributed by atoms with Gasteiger partial charge in [0.2, 0.25) is 0 Å². The van der Waals surface area contributed by atoms with Crippen LogP contribution in [-0.2, 0) is 13.1 Å². The fraction of sp³-hybridized carbons (Fsp3) is 0.526. The number of halogens is 1. The molecule has 0 amide bonds. The maximum atomic E-state index is 13.0. The van der Waals surface area contributed by atoms with E-state index in [0.717, 1.165) is 30.8 Å². The third kappa shape index (κ3) is 4.65. The standard InChI is InChI=1S/C19H28FN3O/c1-5-10-23-15(4)18(14(3)22-23)12-21-13(2)11-19(24)16-6-8-17(20)9-7-16/h6-9,13,19,21,24H,5,10-12H2,1-4H3. The Morgan fingerprint density at radius 1 is 1.25 bits per heavy atom. The Morgan fingerprint density at radius 2 is 1.92 bits per heavy atom. The number of rotatable bonds is 8. The minimum Gasteiger partial charge on any atom is -0.388 e. The van der Waals surface area contributed by atoms with E-state index in [1.165, 1.54) is 23.4 Å². The second-order valence-electron chi connectivity index (χ2n) is 6.46. The number of aromatic nitrogens is 2. The predicted molar refractivity (Wildman–Crippen MR) is 94.3 cm³/mol. The molecular weight excluding hydrogens is 305 g/mol. The van der Waals surface area contributed by atoms with Gasteiger partial charge < -0.3 is 10.4 Å². The van der Waals surface area contributed by atoms with Gasteiger partial charge in [0.25, 0.3) is 0 Å². The van der Waals surface area contributed by atoms with Gasteiger partial charge >= 0.3 is 0 Å². The van der Waals surface area contributed by atoms with Gasteiger partial charge in [0.1, 0.15) is 5.82 Å². The van der Waals surface area contributed by atoms with Crippen molar-refractivity contribution < 1.29 is 9.50 Å². The number of hydrogen-bond acceptors (Lipinski definition) is 3. The molecule has 0 bridgehead atoms. The van der Waals surface area contributed by atoms with Crippen LogP contribution in [0.4, 0.5) is 4.39 Å². The summed E-state index contributed by atoms with van der Waals surface area (Å²) in [4.78, 5) is 0. The van der Waals surface area contributed by atoms with E-state index in [4.69, 9.17) is 0 Å². The molecule has 0 radical (unpaired) electrons. The highest BCUT2D eigenvalue weighted by atomic mass is 19.1. The zero-order chi connectivity index (χ0) is 17.7. The minimum atomic E-state index is -0.599. The minimum absolute atomic E-state index is 0.137. The summed E-state index contributed by atoms with van der Waals surface area (Å²) in [6, 6.07) is 6.17. The molecule has 0 saturated carbocycles.